The van der Waals surface area contributed by atoms with Crippen molar-refractivity contribution in [2.24, 2.45) is 5.73 Å². The molecule has 0 aromatic heterocycles. The van der Waals surface area contributed by atoms with Crippen molar-refractivity contribution >= 4 is 23.4 Å². The number of carbonyl (C=O) groups excluding carboxylic acids is 1. The number of benzene rings is 2. The monoisotopic (exact) mass is 294 g/mol. The number of rotatable bonds is 4. The van der Waals surface area contributed by atoms with Crippen molar-refractivity contribution in [3.05, 3.63) is 59.2 Å². The minimum atomic E-state index is -0.624. The molecule has 2 aromatic rings. The summed E-state index contributed by atoms with van der Waals surface area (Å²) in [6, 6.07) is 7.89. The molecule has 0 spiro atoms. The maximum atomic E-state index is 13.6. The van der Waals surface area contributed by atoms with Crippen LogP contribution in [0.4, 0.5) is 14.5 Å². The molecule has 0 heterocycles. The third-order valence-electron chi connectivity index (χ3n) is 2.69. The molecule has 0 aliphatic heterocycles. The van der Waals surface area contributed by atoms with Gasteiger partial charge in [-0.2, -0.15) is 0 Å². The Labute approximate surface area is 119 Å². The van der Waals surface area contributed by atoms with Crippen molar-refractivity contribution in [1.82, 2.24) is 0 Å². The van der Waals surface area contributed by atoms with Gasteiger partial charge in [0, 0.05) is 21.9 Å². The molecule has 0 aliphatic rings. The second kappa shape index (κ2) is 5.92. The highest BCUT2D eigenvalue weighted by Crippen LogP contribution is 2.29. The Morgan fingerprint density at radius 1 is 1.15 bits per heavy atom. The van der Waals surface area contributed by atoms with Gasteiger partial charge in [-0.3, -0.25) is 4.79 Å². The van der Waals surface area contributed by atoms with Crippen molar-refractivity contribution in [2.45, 2.75) is 10.6 Å². The van der Waals surface area contributed by atoms with Crippen LogP contribution in [0.1, 0.15) is 15.9 Å². The normalized spacial score (nSPS) is 10.5. The zero-order valence-corrected chi connectivity index (χ0v) is 11.2. The SMILES string of the molecule is NC(=O)c1ccc(F)c(CSc2cc(F)ccc2N)c1. The predicted octanol–water partition coefficient (Wildman–Crippen LogP) is 2.94. The summed E-state index contributed by atoms with van der Waals surface area (Å²) >= 11 is 1.19. The predicted molar refractivity (Wildman–Crippen MR) is 75.3 cm³/mol. The Morgan fingerprint density at radius 2 is 1.90 bits per heavy atom. The van der Waals surface area contributed by atoms with Gasteiger partial charge >= 0.3 is 0 Å². The molecule has 4 N–H and O–H groups in total. The smallest absolute Gasteiger partial charge is 0.248 e. The first-order valence-electron chi connectivity index (χ1n) is 5.73. The molecule has 104 valence electrons. The zero-order chi connectivity index (χ0) is 14.7. The summed E-state index contributed by atoms with van der Waals surface area (Å²) in [6.07, 6.45) is 0. The highest BCUT2D eigenvalue weighted by molar-refractivity contribution is 7.98. The molecule has 2 aromatic carbocycles. The summed E-state index contributed by atoms with van der Waals surface area (Å²) in [5, 5.41) is 0. The van der Waals surface area contributed by atoms with E-state index >= 15 is 0 Å². The molecule has 6 heteroatoms. The minimum absolute atomic E-state index is 0.223. The fraction of sp³-hybridized carbons (Fsp3) is 0.0714. The van der Waals surface area contributed by atoms with Gasteiger partial charge in [-0.1, -0.05) is 0 Å². The molecular weight excluding hydrogens is 282 g/mol. The summed E-state index contributed by atoms with van der Waals surface area (Å²) in [6.45, 7) is 0. The summed E-state index contributed by atoms with van der Waals surface area (Å²) in [4.78, 5) is 11.6. The van der Waals surface area contributed by atoms with E-state index in [1.165, 1.54) is 48.2 Å². The van der Waals surface area contributed by atoms with Crippen LogP contribution in [0, 0.1) is 11.6 Å². The Bertz CT molecular complexity index is 662. The van der Waals surface area contributed by atoms with Crippen LogP contribution < -0.4 is 11.5 Å². The number of nitrogens with two attached hydrogens (primary N) is 2. The number of thioether (sulfide) groups is 1. The molecule has 1 amide bonds. The minimum Gasteiger partial charge on any atom is -0.398 e. The molecule has 0 bridgehead atoms. The van der Waals surface area contributed by atoms with Crippen LogP contribution in [0.5, 0.6) is 0 Å². The lowest BCUT2D eigenvalue weighted by atomic mass is 10.1. The maximum absolute atomic E-state index is 13.6. The van der Waals surface area contributed by atoms with E-state index in [0.717, 1.165) is 0 Å². The number of primary amides is 1. The Hall–Kier alpha value is -2.08. The summed E-state index contributed by atoms with van der Waals surface area (Å²) in [5.74, 6) is -1.26. The van der Waals surface area contributed by atoms with Gasteiger partial charge in [0.05, 0.1) is 0 Å². The fourth-order valence-corrected chi connectivity index (χ4v) is 2.59. The molecule has 20 heavy (non-hydrogen) atoms. The second-order valence-electron chi connectivity index (χ2n) is 4.14. The lowest BCUT2D eigenvalue weighted by Gasteiger charge is -2.07. The number of amides is 1. The number of anilines is 1. The van der Waals surface area contributed by atoms with Crippen LogP contribution >= 0.6 is 11.8 Å². The van der Waals surface area contributed by atoms with Crippen molar-refractivity contribution in [2.75, 3.05) is 5.73 Å². The molecule has 0 fully saturated rings. The van der Waals surface area contributed by atoms with Crippen LogP contribution in [-0.2, 0) is 5.75 Å². The average Bonchev–Trinajstić information content (AvgIpc) is 2.41. The number of halogens is 2. The highest BCUT2D eigenvalue weighted by Gasteiger charge is 2.09. The summed E-state index contributed by atoms with van der Waals surface area (Å²) in [7, 11) is 0. The van der Waals surface area contributed by atoms with Crippen LogP contribution in [-0.4, -0.2) is 5.91 Å². The Morgan fingerprint density at radius 3 is 2.60 bits per heavy atom. The standard InChI is InChI=1S/C14H12F2N2OS/c15-10-2-4-12(17)13(6-10)20-7-9-5-8(14(18)19)1-3-11(9)16/h1-6H,7,17H2,(H2,18,19). The van der Waals surface area contributed by atoms with Crippen LogP contribution in [0.15, 0.2) is 41.3 Å². The molecule has 3 nitrogen and oxygen atoms in total. The molecule has 0 aliphatic carbocycles. The fourth-order valence-electron chi connectivity index (χ4n) is 1.63. The van der Waals surface area contributed by atoms with E-state index in [4.69, 9.17) is 11.5 Å². The molecular formula is C14H12F2N2OS. The van der Waals surface area contributed by atoms with Gasteiger partial charge in [-0.15, -0.1) is 11.8 Å². The lowest BCUT2D eigenvalue weighted by Crippen LogP contribution is -2.11. The third kappa shape index (κ3) is 3.27. The van der Waals surface area contributed by atoms with Crippen molar-refractivity contribution in [3.63, 3.8) is 0 Å². The van der Waals surface area contributed by atoms with Gasteiger partial charge in [-0.25, -0.2) is 8.78 Å². The van der Waals surface area contributed by atoms with E-state index in [0.29, 0.717) is 16.1 Å². The van der Waals surface area contributed by atoms with Gasteiger partial charge in [0.15, 0.2) is 0 Å². The molecule has 0 saturated carbocycles. The third-order valence-corrected chi connectivity index (χ3v) is 3.81. The number of nitrogen functional groups attached to an aromatic ring is 1. The summed E-state index contributed by atoms with van der Waals surface area (Å²) < 4.78 is 26.8. The second-order valence-corrected chi connectivity index (χ2v) is 5.16. The number of carbonyl (C=O) groups is 1. The van der Waals surface area contributed by atoms with Crippen molar-refractivity contribution in [1.29, 1.82) is 0 Å². The molecule has 0 radical (unpaired) electrons. The quantitative estimate of drug-likeness (QED) is 0.673. The lowest BCUT2D eigenvalue weighted by molar-refractivity contribution is 0.1000. The first-order valence-corrected chi connectivity index (χ1v) is 6.72. The largest absolute Gasteiger partial charge is 0.398 e. The van der Waals surface area contributed by atoms with E-state index in [2.05, 4.69) is 0 Å². The molecule has 0 saturated heterocycles. The Balaban J connectivity index is 2.20. The van der Waals surface area contributed by atoms with Crippen LogP contribution in [0.25, 0.3) is 0 Å². The van der Waals surface area contributed by atoms with E-state index in [1.807, 2.05) is 0 Å². The van der Waals surface area contributed by atoms with E-state index in [-0.39, 0.29) is 11.3 Å². The van der Waals surface area contributed by atoms with Gasteiger partial charge in [-0.05, 0) is 42.0 Å². The van der Waals surface area contributed by atoms with Crippen LogP contribution in [0.2, 0.25) is 0 Å². The van der Waals surface area contributed by atoms with Gasteiger partial charge in [0.25, 0.3) is 0 Å². The molecule has 0 atom stereocenters. The van der Waals surface area contributed by atoms with E-state index < -0.39 is 17.5 Å². The number of hydrogen-bond acceptors (Lipinski definition) is 3. The van der Waals surface area contributed by atoms with Gasteiger partial charge in [0.1, 0.15) is 11.6 Å². The van der Waals surface area contributed by atoms with Crippen molar-refractivity contribution in [3.8, 4) is 0 Å². The highest BCUT2D eigenvalue weighted by atomic mass is 32.2. The van der Waals surface area contributed by atoms with E-state index in [1.54, 1.807) is 0 Å². The average molecular weight is 294 g/mol. The van der Waals surface area contributed by atoms with Gasteiger partial charge < -0.3 is 11.5 Å². The van der Waals surface area contributed by atoms with Crippen LogP contribution in [0.3, 0.4) is 0 Å². The summed E-state index contributed by atoms with van der Waals surface area (Å²) in [5.41, 5.74) is 11.8. The first-order chi connectivity index (χ1) is 9.47. The van der Waals surface area contributed by atoms with Gasteiger partial charge in [0.2, 0.25) is 5.91 Å². The number of hydrogen-bond donors (Lipinski definition) is 2. The van der Waals surface area contributed by atoms with E-state index in [9.17, 15) is 13.6 Å². The molecule has 2 rings (SSSR count). The zero-order valence-electron chi connectivity index (χ0n) is 10.4. The molecule has 0 unspecified atom stereocenters. The maximum Gasteiger partial charge on any atom is 0.248 e. The topological polar surface area (TPSA) is 69.1 Å². The Kier molecular flexibility index (Phi) is 4.24. The first kappa shape index (κ1) is 14.3. The van der Waals surface area contributed by atoms with Crippen molar-refractivity contribution < 1.29 is 13.6 Å².